The van der Waals surface area contributed by atoms with Crippen molar-refractivity contribution >= 4 is 23.2 Å². The van der Waals surface area contributed by atoms with Crippen LogP contribution >= 0.6 is 0 Å². The number of likely N-dealkylation sites (tertiary alicyclic amines) is 1. The van der Waals surface area contributed by atoms with Gasteiger partial charge in [0.05, 0.1) is 11.3 Å². The Hall–Kier alpha value is -4.51. The van der Waals surface area contributed by atoms with Gasteiger partial charge in [-0.2, -0.15) is 13.2 Å². The van der Waals surface area contributed by atoms with Crippen molar-refractivity contribution in [1.29, 1.82) is 0 Å². The molecule has 2 N–H and O–H groups in total. The highest BCUT2D eigenvalue weighted by molar-refractivity contribution is 6.05. The van der Waals surface area contributed by atoms with Crippen LogP contribution in [0.1, 0.15) is 34.3 Å². The number of anilines is 3. The Morgan fingerprint density at radius 3 is 2.59 bits per heavy atom. The summed E-state index contributed by atoms with van der Waals surface area (Å²) in [5.74, 6) is -0.474. The number of alkyl halides is 3. The van der Waals surface area contributed by atoms with E-state index in [1.807, 2.05) is 26.1 Å². The van der Waals surface area contributed by atoms with Gasteiger partial charge in [0.25, 0.3) is 5.91 Å². The van der Waals surface area contributed by atoms with Crippen LogP contribution in [-0.4, -0.2) is 52.0 Å². The van der Waals surface area contributed by atoms with E-state index in [9.17, 15) is 18.0 Å². The predicted octanol–water partition coefficient (Wildman–Crippen LogP) is 6.33. The molecule has 0 saturated carbocycles. The Bertz CT molecular complexity index is 1520. The van der Waals surface area contributed by atoms with Crippen molar-refractivity contribution in [2.45, 2.75) is 32.0 Å². The molecule has 1 aliphatic heterocycles. The summed E-state index contributed by atoms with van der Waals surface area (Å²) in [6.45, 7) is 3.37. The summed E-state index contributed by atoms with van der Waals surface area (Å²) >= 11 is 0. The minimum atomic E-state index is -4.65. The normalized spacial score (nSPS) is 14.5. The molecule has 1 saturated heterocycles. The molecule has 2 aromatic carbocycles. The number of carbonyl (C=O) groups is 1. The summed E-state index contributed by atoms with van der Waals surface area (Å²) in [4.78, 5) is 28.1. The third-order valence-corrected chi connectivity index (χ3v) is 6.86. The maximum absolute atomic E-state index is 13.9. The van der Waals surface area contributed by atoms with Crippen molar-refractivity contribution < 1.29 is 22.7 Å². The highest BCUT2D eigenvalue weighted by Gasteiger charge is 2.36. The van der Waals surface area contributed by atoms with Crippen LogP contribution in [0.2, 0.25) is 0 Å². The Morgan fingerprint density at radius 2 is 1.85 bits per heavy atom. The van der Waals surface area contributed by atoms with E-state index in [0.29, 0.717) is 30.2 Å². The van der Waals surface area contributed by atoms with E-state index in [2.05, 4.69) is 30.5 Å². The standard InChI is InChI=1S/C30H29F3N6O2/c1-19-5-6-20(16-26(19)38-29-35-13-9-25(37-29)21-4-3-12-34-18-21)28(40)36-22-7-8-27(24(17-22)30(31,32)33)41-23-10-14-39(2)15-11-23/h3-9,12-13,16-18,23H,10-11,14-15H2,1-2H3,(H,36,40)(H,35,37,38). The Morgan fingerprint density at radius 1 is 1.05 bits per heavy atom. The fraction of sp³-hybridized carbons (Fsp3) is 0.267. The number of hydrogen-bond acceptors (Lipinski definition) is 7. The van der Waals surface area contributed by atoms with Gasteiger partial charge in [-0.3, -0.25) is 9.78 Å². The zero-order valence-corrected chi connectivity index (χ0v) is 22.6. The van der Waals surface area contributed by atoms with Crippen molar-refractivity contribution in [3.63, 3.8) is 0 Å². The zero-order valence-electron chi connectivity index (χ0n) is 22.6. The second-order valence-corrected chi connectivity index (χ2v) is 9.95. The number of amides is 1. The number of aryl methyl sites for hydroxylation is 1. The first-order valence-electron chi connectivity index (χ1n) is 13.1. The number of pyridine rings is 1. The molecule has 0 atom stereocenters. The molecule has 8 nitrogen and oxygen atoms in total. The van der Waals surface area contributed by atoms with Crippen LogP contribution < -0.4 is 15.4 Å². The molecule has 11 heteroatoms. The van der Waals surface area contributed by atoms with E-state index in [1.165, 1.54) is 12.1 Å². The van der Waals surface area contributed by atoms with Crippen LogP contribution in [0.25, 0.3) is 11.3 Å². The highest BCUT2D eigenvalue weighted by Crippen LogP contribution is 2.39. The molecule has 212 valence electrons. The molecule has 0 unspecified atom stereocenters. The third kappa shape index (κ3) is 6.98. The highest BCUT2D eigenvalue weighted by atomic mass is 19.4. The molecule has 4 aromatic rings. The summed E-state index contributed by atoms with van der Waals surface area (Å²) in [7, 11) is 1.97. The first-order chi connectivity index (χ1) is 19.7. The maximum atomic E-state index is 13.9. The summed E-state index contributed by atoms with van der Waals surface area (Å²) in [6.07, 6.45) is 1.34. The van der Waals surface area contributed by atoms with Gasteiger partial charge in [0.1, 0.15) is 11.9 Å². The molecule has 0 aliphatic carbocycles. The molecule has 2 aromatic heterocycles. The van der Waals surface area contributed by atoms with Crippen LogP contribution in [0.15, 0.2) is 73.2 Å². The van der Waals surface area contributed by atoms with Gasteiger partial charge in [0, 0.05) is 54.2 Å². The average Bonchev–Trinajstić information content (AvgIpc) is 2.96. The summed E-state index contributed by atoms with van der Waals surface area (Å²) in [6, 6.07) is 14.0. The number of halogens is 3. The van der Waals surface area contributed by atoms with Crippen molar-refractivity contribution in [3.05, 3.63) is 89.9 Å². The summed E-state index contributed by atoms with van der Waals surface area (Å²) in [5, 5.41) is 5.71. The summed E-state index contributed by atoms with van der Waals surface area (Å²) < 4.78 is 47.5. The molecule has 0 bridgehead atoms. The molecule has 0 spiro atoms. The molecule has 3 heterocycles. The molecule has 0 radical (unpaired) electrons. The largest absolute Gasteiger partial charge is 0.490 e. The SMILES string of the molecule is Cc1ccc(C(=O)Nc2ccc(OC3CCN(C)CC3)c(C(F)(F)F)c2)cc1Nc1nccc(-c2cccnc2)n1. The van der Waals surface area contributed by atoms with Gasteiger partial charge in [-0.1, -0.05) is 6.07 Å². The molecule has 1 amide bonds. The lowest BCUT2D eigenvalue weighted by atomic mass is 10.1. The number of rotatable bonds is 7. The number of piperidine rings is 1. The molecular weight excluding hydrogens is 533 g/mol. The van der Waals surface area contributed by atoms with Gasteiger partial charge in [0.15, 0.2) is 0 Å². The van der Waals surface area contributed by atoms with Gasteiger partial charge in [-0.25, -0.2) is 9.97 Å². The van der Waals surface area contributed by atoms with Gasteiger partial charge >= 0.3 is 6.18 Å². The van der Waals surface area contributed by atoms with E-state index >= 15 is 0 Å². The first-order valence-corrected chi connectivity index (χ1v) is 13.1. The minimum Gasteiger partial charge on any atom is -0.490 e. The first kappa shape index (κ1) is 28.0. The molecule has 5 rings (SSSR count). The zero-order chi connectivity index (χ0) is 29.0. The fourth-order valence-electron chi connectivity index (χ4n) is 4.53. The molecule has 1 aliphatic rings. The average molecular weight is 563 g/mol. The number of nitrogens with one attached hydrogen (secondary N) is 2. The quantitative estimate of drug-likeness (QED) is 0.272. The van der Waals surface area contributed by atoms with Gasteiger partial charge in [-0.15, -0.1) is 0 Å². The number of benzene rings is 2. The van der Waals surface area contributed by atoms with Crippen molar-refractivity contribution in [3.8, 4) is 17.0 Å². The van der Waals surface area contributed by atoms with Crippen molar-refractivity contribution in [2.75, 3.05) is 30.8 Å². The summed E-state index contributed by atoms with van der Waals surface area (Å²) in [5.41, 5.74) is 2.24. The van der Waals surface area contributed by atoms with Crippen molar-refractivity contribution in [1.82, 2.24) is 19.9 Å². The smallest absolute Gasteiger partial charge is 0.420 e. The van der Waals surface area contributed by atoms with Gasteiger partial charge < -0.3 is 20.3 Å². The van der Waals surface area contributed by atoms with E-state index < -0.39 is 17.6 Å². The molecular formula is C30H29F3N6O2. The maximum Gasteiger partial charge on any atom is 0.420 e. The van der Waals surface area contributed by atoms with Crippen LogP contribution in [0, 0.1) is 6.92 Å². The second kappa shape index (κ2) is 11.9. The van der Waals surface area contributed by atoms with Gasteiger partial charge in [0.2, 0.25) is 5.95 Å². The number of carbonyl (C=O) groups excluding carboxylic acids is 1. The Labute approximate surface area is 235 Å². The van der Waals surface area contributed by atoms with E-state index in [0.717, 1.165) is 30.3 Å². The topological polar surface area (TPSA) is 92.3 Å². The minimum absolute atomic E-state index is 0.0145. The van der Waals surface area contributed by atoms with Crippen LogP contribution in [0.5, 0.6) is 5.75 Å². The lowest BCUT2D eigenvalue weighted by Gasteiger charge is -2.30. The van der Waals surface area contributed by atoms with E-state index in [4.69, 9.17) is 4.74 Å². The van der Waals surface area contributed by atoms with Crippen molar-refractivity contribution in [2.24, 2.45) is 0 Å². The number of hydrogen-bond donors (Lipinski definition) is 2. The Balaban J connectivity index is 1.32. The van der Waals surface area contributed by atoms with Crippen LogP contribution in [0.4, 0.5) is 30.5 Å². The van der Waals surface area contributed by atoms with E-state index in [1.54, 1.807) is 42.9 Å². The molecule has 1 fully saturated rings. The van der Waals surface area contributed by atoms with Crippen LogP contribution in [0.3, 0.4) is 0 Å². The third-order valence-electron chi connectivity index (χ3n) is 6.86. The lowest BCUT2D eigenvalue weighted by molar-refractivity contribution is -0.139. The Kier molecular flexibility index (Phi) is 8.16. The number of aromatic nitrogens is 3. The van der Waals surface area contributed by atoms with E-state index in [-0.39, 0.29) is 23.1 Å². The second-order valence-electron chi connectivity index (χ2n) is 9.95. The lowest BCUT2D eigenvalue weighted by Crippen LogP contribution is -2.36. The fourth-order valence-corrected chi connectivity index (χ4v) is 4.53. The molecule has 41 heavy (non-hydrogen) atoms. The number of nitrogens with zero attached hydrogens (tertiary/aromatic N) is 4. The predicted molar refractivity (Wildman–Crippen MR) is 150 cm³/mol. The van der Waals surface area contributed by atoms with Gasteiger partial charge in [-0.05, 0) is 80.9 Å². The number of ether oxygens (including phenoxy) is 1. The van der Waals surface area contributed by atoms with Crippen LogP contribution in [-0.2, 0) is 6.18 Å². The monoisotopic (exact) mass is 562 g/mol.